The lowest BCUT2D eigenvalue weighted by Crippen LogP contribution is -1.99. The fraction of sp³-hybridized carbons (Fsp3) is 0.0769. The molecule has 0 saturated carbocycles. The van der Waals surface area contributed by atoms with Crippen LogP contribution in [0.1, 0.15) is 5.56 Å². The Bertz CT molecular complexity index is 599. The van der Waals surface area contributed by atoms with Crippen molar-refractivity contribution in [2.45, 2.75) is 6.54 Å². The van der Waals surface area contributed by atoms with Crippen LogP contribution >= 0.6 is 11.6 Å². The summed E-state index contributed by atoms with van der Waals surface area (Å²) in [5, 5.41) is 23.2. The van der Waals surface area contributed by atoms with Crippen LogP contribution in [0.5, 0.6) is 5.75 Å². The third kappa shape index (κ3) is 3.35. The highest BCUT2D eigenvalue weighted by atomic mass is 35.5. The van der Waals surface area contributed by atoms with Crippen LogP contribution in [0.15, 0.2) is 42.5 Å². The highest BCUT2D eigenvalue weighted by molar-refractivity contribution is 6.32. The fourth-order valence-electron chi connectivity index (χ4n) is 1.56. The summed E-state index contributed by atoms with van der Waals surface area (Å²) in [4.78, 5) is 10.1. The molecule has 0 atom stereocenters. The van der Waals surface area contributed by atoms with Crippen LogP contribution in [-0.2, 0) is 6.54 Å². The zero-order valence-electron chi connectivity index (χ0n) is 9.84. The van der Waals surface area contributed by atoms with E-state index in [-0.39, 0.29) is 16.5 Å². The molecule has 2 aromatic rings. The molecule has 0 aliphatic carbocycles. The summed E-state index contributed by atoms with van der Waals surface area (Å²) in [5.74, 6) is 0.0301. The first-order chi connectivity index (χ1) is 9.06. The molecule has 0 spiro atoms. The van der Waals surface area contributed by atoms with Gasteiger partial charge in [-0.3, -0.25) is 10.1 Å². The molecule has 2 aromatic carbocycles. The van der Waals surface area contributed by atoms with Crippen LogP contribution in [0.4, 0.5) is 11.4 Å². The number of nitro groups is 1. The predicted octanol–water partition coefficient (Wildman–Crippen LogP) is 3.57. The molecule has 0 aromatic heterocycles. The van der Waals surface area contributed by atoms with Gasteiger partial charge in [0.15, 0.2) is 0 Å². The number of non-ortho nitro benzene ring substituents is 1. The Balaban J connectivity index is 2.01. The summed E-state index contributed by atoms with van der Waals surface area (Å²) in [6.45, 7) is 0.513. The summed E-state index contributed by atoms with van der Waals surface area (Å²) in [7, 11) is 0. The molecule has 2 rings (SSSR count). The van der Waals surface area contributed by atoms with Crippen molar-refractivity contribution in [1.82, 2.24) is 0 Å². The lowest BCUT2D eigenvalue weighted by Gasteiger charge is -2.07. The van der Waals surface area contributed by atoms with Gasteiger partial charge in [-0.15, -0.1) is 0 Å². The van der Waals surface area contributed by atoms with Crippen molar-refractivity contribution in [2.24, 2.45) is 0 Å². The molecule has 0 radical (unpaired) electrons. The number of benzene rings is 2. The van der Waals surface area contributed by atoms with Gasteiger partial charge in [0, 0.05) is 24.4 Å². The van der Waals surface area contributed by atoms with Crippen molar-refractivity contribution in [3.63, 3.8) is 0 Å². The maximum atomic E-state index is 10.5. The molecule has 2 N–H and O–H groups in total. The number of hydrogen-bond acceptors (Lipinski definition) is 4. The minimum Gasteiger partial charge on any atom is -0.506 e. The molecule has 98 valence electrons. The van der Waals surface area contributed by atoms with Crippen LogP contribution in [0, 0.1) is 10.1 Å². The highest BCUT2D eigenvalue weighted by Crippen LogP contribution is 2.26. The zero-order chi connectivity index (χ0) is 13.8. The van der Waals surface area contributed by atoms with E-state index in [1.165, 1.54) is 18.2 Å². The van der Waals surface area contributed by atoms with Gasteiger partial charge >= 0.3 is 0 Å². The van der Waals surface area contributed by atoms with Crippen LogP contribution in [-0.4, -0.2) is 10.0 Å². The largest absolute Gasteiger partial charge is 0.506 e. The summed E-state index contributed by atoms with van der Waals surface area (Å²) < 4.78 is 0. The van der Waals surface area contributed by atoms with E-state index in [1.807, 2.05) is 0 Å². The van der Waals surface area contributed by atoms with E-state index in [0.29, 0.717) is 6.54 Å². The number of nitro benzene ring substituents is 1. The Hall–Kier alpha value is -2.27. The zero-order valence-corrected chi connectivity index (χ0v) is 10.6. The predicted molar refractivity (Wildman–Crippen MR) is 73.5 cm³/mol. The minimum absolute atomic E-state index is 0.0301. The quantitative estimate of drug-likeness (QED) is 0.509. The molecule has 0 aliphatic heterocycles. The molecule has 0 heterocycles. The second-order valence-electron chi connectivity index (χ2n) is 3.94. The van der Waals surface area contributed by atoms with E-state index >= 15 is 0 Å². The molecule has 0 fully saturated rings. The normalized spacial score (nSPS) is 10.2. The standard InChI is InChI=1S/C13H11ClN2O3/c14-12-7-10(3-6-13(12)17)15-8-9-1-4-11(5-2-9)16(18)19/h1-7,15,17H,8H2. The number of halogens is 1. The lowest BCUT2D eigenvalue weighted by molar-refractivity contribution is -0.384. The van der Waals surface area contributed by atoms with Gasteiger partial charge in [-0.2, -0.15) is 0 Å². The fourth-order valence-corrected chi connectivity index (χ4v) is 1.74. The van der Waals surface area contributed by atoms with E-state index in [4.69, 9.17) is 11.6 Å². The van der Waals surface area contributed by atoms with Crippen LogP contribution in [0.25, 0.3) is 0 Å². The van der Waals surface area contributed by atoms with Crippen molar-refractivity contribution in [2.75, 3.05) is 5.32 Å². The van der Waals surface area contributed by atoms with Crippen molar-refractivity contribution in [1.29, 1.82) is 0 Å². The molecule has 0 amide bonds. The SMILES string of the molecule is O=[N+]([O-])c1ccc(CNc2ccc(O)c(Cl)c2)cc1. The van der Waals surface area contributed by atoms with Crippen molar-refractivity contribution < 1.29 is 10.0 Å². The van der Waals surface area contributed by atoms with E-state index in [2.05, 4.69) is 5.32 Å². The Morgan fingerprint density at radius 3 is 2.47 bits per heavy atom. The summed E-state index contributed by atoms with van der Waals surface area (Å²) >= 11 is 5.79. The van der Waals surface area contributed by atoms with E-state index in [1.54, 1.807) is 24.3 Å². The Morgan fingerprint density at radius 2 is 1.89 bits per heavy atom. The first-order valence-electron chi connectivity index (χ1n) is 5.52. The molecular formula is C13H11ClN2O3. The van der Waals surface area contributed by atoms with Gasteiger partial charge in [0.2, 0.25) is 0 Å². The first kappa shape index (κ1) is 13.2. The maximum absolute atomic E-state index is 10.5. The molecule has 0 bridgehead atoms. The second kappa shape index (κ2) is 5.58. The molecule has 6 heteroatoms. The lowest BCUT2D eigenvalue weighted by atomic mass is 10.2. The number of aromatic hydroxyl groups is 1. The van der Waals surface area contributed by atoms with Gasteiger partial charge in [0.25, 0.3) is 5.69 Å². The topological polar surface area (TPSA) is 75.4 Å². The Kier molecular flexibility index (Phi) is 3.87. The third-order valence-corrected chi connectivity index (χ3v) is 2.89. The molecule has 5 nitrogen and oxygen atoms in total. The van der Waals surface area contributed by atoms with Gasteiger partial charge < -0.3 is 10.4 Å². The molecule has 0 aliphatic rings. The second-order valence-corrected chi connectivity index (χ2v) is 4.35. The Morgan fingerprint density at radius 1 is 1.21 bits per heavy atom. The van der Waals surface area contributed by atoms with E-state index in [9.17, 15) is 15.2 Å². The summed E-state index contributed by atoms with van der Waals surface area (Å²) in [6, 6.07) is 11.1. The summed E-state index contributed by atoms with van der Waals surface area (Å²) in [6.07, 6.45) is 0. The molecule has 19 heavy (non-hydrogen) atoms. The number of nitrogens with one attached hydrogen (secondary N) is 1. The summed E-state index contributed by atoms with van der Waals surface area (Å²) in [5.41, 5.74) is 1.74. The van der Waals surface area contributed by atoms with Crippen LogP contribution in [0.3, 0.4) is 0 Å². The minimum atomic E-state index is -0.434. The number of rotatable bonds is 4. The molecule has 0 unspecified atom stereocenters. The van der Waals surface area contributed by atoms with Gasteiger partial charge in [-0.05, 0) is 23.8 Å². The van der Waals surface area contributed by atoms with Crippen LogP contribution < -0.4 is 5.32 Å². The van der Waals surface area contributed by atoms with Gasteiger partial charge in [-0.1, -0.05) is 23.7 Å². The average molecular weight is 279 g/mol. The molecular weight excluding hydrogens is 268 g/mol. The van der Waals surface area contributed by atoms with Crippen molar-refractivity contribution in [3.8, 4) is 5.75 Å². The van der Waals surface area contributed by atoms with E-state index < -0.39 is 4.92 Å². The van der Waals surface area contributed by atoms with Crippen LogP contribution in [0.2, 0.25) is 5.02 Å². The number of anilines is 1. The third-order valence-electron chi connectivity index (χ3n) is 2.59. The number of phenolic OH excluding ortho intramolecular Hbond substituents is 1. The van der Waals surface area contributed by atoms with E-state index in [0.717, 1.165) is 11.3 Å². The smallest absolute Gasteiger partial charge is 0.269 e. The number of nitrogens with zero attached hydrogens (tertiary/aromatic N) is 1. The maximum Gasteiger partial charge on any atom is 0.269 e. The number of hydrogen-bond donors (Lipinski definition) is 2. The molecule has 0 saturated heterocycles. The van der Waals surface area contributed by atoms with Gasteiger partial charge in [0.05, 0.1) is 9.95 Å². The number of phenols is 1. The van der Waals surface area contributed by atoms with Crippen molar-refractivity contribution >= 4 is 23.0 Å². The first-order valence-corrected chi connectivity index (χ1v) is 5.90. The Labute approximate surface area is 114 Å². The highest BCUT2D eigenvalue weighted by Gasteiger charge is 2.04. The van der Waals surface area contributed by atoms with Crippen molar-refractivity contribution in [3.05, 3.63) is 63.2 Å². The average Bonchev–Trinajstić information content (AvgIpc) is 2.40. The van der Waals surface area contributed by atoms with Gasteiger partial charge in [0.1, 0.15) is 5.75 Å². The monoisotopic (exact) mass is 278 g/mol. The van der Waals surface area contributed by atoms with Gasteiger partial charge in [-0.25, -0.2) is 0 Å².